The molecule has 3 aromatic rings. The van der Waals surface area contributed by atoms with Gasteiger partial charge in [0.1, 0.15) is 18.0 Å². The molecule has 4 rings (SSSR count). The van der Waals surface area contributed by atoms with Gasteiger partial charge in [-0.25, -0.2) is 8.60 Å². The van der Waals surface area contributed by atoms with Gasteiger partial charge in [-0.3, -0.25) is 18.8 Å². The maximum atomic E-state index is 15.1. The molecule has 1 unspecified atom stereocenters. The summed E-state index contributed by atoms with van der Waals surface area (Å²) < 4.78 is 30.2. The Morgan fingerprint density at radius 1 is 1.24 bits per heavy atom. The van der Waals surface area contributed by atoms with E-state index in [4.69, 9.17) is 0 Å². The van der Waals surface area contributed by atoms with E-state index in [2.05, 4.69) is 9.71 Å². The van der Waals surface area contributed by atoms with Crippen LogP contribution < -0.4 is 9.03 Å². The van der Waals surface area contributed by atoms with E-state index < -0.39 is 22.9 Å². The lowest BCUT2D eigenvalue weighted by Crippen LogP contribution is -2.23. The summed E-state index contributed by atoms with van der Waals surface area (Å²) >= 11 is -1.93. The van der Waals surface area contributed by atoms with Gasteiger partial charge < -0.3 is 5.11 Å². The second-order valence-electron chi connectivity index (χ2n) is 5.52. The van der Waals surface area contributed by atoms with Crippen molar-refractivity contribution in [2.45, 2.75) is 0 Å². The van der Waals surface area contributed by atoms with Crippen molar-refractivity contribution < 1.29 is 18.5 Å². The van der Waals surface area contributed by atoms with Crippen molar-refractivity contribution in [3.63, 3.8) is 0 Å². The lowest BCUT2D eigenvalue weighted by molar-refractivity contribution is -0.117. The van der Waals surface area contributed by atoms with Crippen molar-refractivity contribution in [3.05, 3.63) is 54.5 Å². The van der Waals surface area contributed by atoms with Crippen molar-refractivity contribution >= 4 is 33.7 Å². The first-order valence-corrected chi connectivity index (χ1v) is 8.51. The number of rotatable bonds is 2. The fourth-order valence-electron chi connectivity index (χ4n) is 2.78. The lowest BCUT2D eigenvalue weighted by Gasteiger charge is -2.18. The van der Waals surface area contributed by atoms with Crippen LogP contribution in [-0.4, -0.2) is 26.8 Å². The van der Waals surface area contributed by atoms with Crippen LogP contribution in [0.1, 0.15) is 0 Å². The van der Waals surface area contributed by atoms with Crippen LogP contribution in [-0.2, 0) is 16.0 Å². The predicted molar refractivity (Wildman–Crippen MR) is 92.4 cm³/mol. The number of benzene rings is 2. The average molecular weight is 357 g/mol. The zero-order valence-corrected chi connectivity index (χ0v) is 13.6. The first kappa shape index (κ1) is 15.5. The first-order valence-electron chi connectivity index (χ1n) is 7.40. The lowest BCUT2D eigenvalue weighted by atomic mass is 10.0. The molecular weight excluding hydrogens is 345 g/mol. The van der Waals surface area contributed by atoms with Crippen molar-refractivity contribution in [2.24, 2.45) is 0 Å². The van der Waals surface area contributed by atoms with Crippen LogP contribution in [0.25, 0.3) is 22.0 Å². The molecule has 2 aromatic carbocycles. The van der Waals surface area contributed by atoms with Gasteiger partial charge >= 0.3 is 0 Å². The smallest absolute Gasteiger partial charge is 0.253 e. The number of aromatic hydroxyl groups is 1. The van der Waals surface area contributed by atoms with E-state index >= 15 is 4.39 Å². The number of hydrogen-bond donors (Lipinski definition) is 2. The van der Waals surface area contributed by atoms with Crippen LogP contribution in [0.15, 0.2) is 48.7 Å². The number of hydrogen-bond acceptors (Lipinski definition) is 4. The maximum Gasteiger partial charge on any atom is 0.253 e. The molecular formula is C17H12FN3O3S. The maximum absolute atomic E-state index is 15.1. The Balaban J connectivity index is 1.86. The highest BCUT2D eigenvalue weighted by molar-refractivity contribution is 7.85. The summed E-state index contributed by atoms with van der Waals surface area (Å²) in [6, 6.07) is 11.8. The quantitative estimate of drug-likeness (QED) is 0.737. The molecule has 126 valence electrons. The second kappa shape index (κ2) is 5.82. The Labute approximate surface area is 144 Å². The summed E-state index contributed by atoms with van der Waals surface area (Å²) in [7, 11) is 0. The monoisotopic (exact) mass is 357 g/mol. The van der Waals surface area contributed by atoms with Crippen LogP contribution in [0.4, 0.5) is 10.1 Å². The zero-order chi connectivity index (χ0) is 17.6. The van der Waals surface area contributed by atoms with Crippen LogP contribution in [0, 0.1) is 5.82 Å². The van der Waals surface area contributed by atoms with Gasteiger partial charge in [-0.2, -0.15) is 0 Å². The number of fused-ring (bicyclic) bond motifs is 1. The van der Waals surface area contributed by atoms with E-state index in [1.54, 1.807) is 18.3 Å². The standard InChI is InChI=1S/C17H12FN3O3S/c18-16-12(11-4-3-10-2-1-7-19-13(10)8-11)5-6-14(22)17(16)21-9-15(23)20-25(21)24/h1-8,22H,9H2,(H,20,23). The highest BCUT2D eigenvalue weighted by Gasteiger charge is 2.32. The number of halogens is 1. The number of aromatic nitrogens is 1. The molecule has 2 heterocycles. The van der Waals surface area contributed by atoms with Crippen molar-refractivity contribution in [1.29, 1.82) is 0 Å². The Morgan fingerprint density at radius 3 is 2.84 bits per heavy atom. The Hall–Kier alpha value is -3.00. The van der Waals surface area contributed by atoms with Gasteiger partial charge in [-0.15, -0.1) is 0 Å². The number of carbonyl (C=O) groups excluding carboxylic acids is 1. The van der Waals surface area contributed by atoms with Crippen LogP contribution in [0.2, 0.25) is 0 Å². The van der Waals surface area contributed by atoms with Crippen LogP contribution in [0.5, 0.6) is 5.75 Å². The molecule has 0 radical (unpaired) electrons. The Bertz CT molecular complexity index is 1040. The minimum Gasteiger partial charge on any atom is -0.506 e. The van der Waals surface area contributed by atoms with E-state index in [0.717, 1.165) is 9.69 Å². The molecule has 8 heteroatoms. The molecule has 1 saturated heterocycles. The van der Waals surface area contributed by atoms with Gasteiger partial charge in [0.25, 0.3) is 5.91 Å². The van der Waals surface area contributed by atoms with Crippen molar-refractivity contribution in [1.82, 2.24) is 9.71 Å². The number of carbonyl (C=O) groups is 1. The summed E-state index contributed by atoms with van der Waals surface area (Å²) in [5.41, 5.74) is 1.22. The highest BCUT2D eigenvalue weighted by atomic mass is 32.2. The number of amides is 1. The summed E-state index contributed by atoms with van der Waals surface area (Å²) in [4.78, 5) is 15.7. The number of nitrogens with zero attached hydrogens (tertiary/aromatic N) is 2. The zero-order valence-electron chi connectivity index (χ0n) is 12.8. The fraction of sp³-hybridized carbons (Fsp3) is 0.0588. The van der Waals surface area contributed by atoms with Gasteiger partial charge in [0.15, 0.2) is 5.82 Å². The van der Waals surface area contributed by atoms with Gasteiger partial charge in [0.05, 0.1) is 5.52 Å². The third-order valence-electron chi connectivity index (χ3n) is 3.95. The minimum absolute atomic E-state index is 0.219. The third kappa shape index (κ3) is 2.60. The number of phenolic OH excluding ortho intramolecular Hbond substituents is 1. The minimum atomic E-state index is -1.93. The molecule has 1 amide bonds. The van der Waals surface area contributed by atoms with Crippen LogP contribution >= 0.6 is 0 Å². The number of phenols is 1. The summed E-state index contributed by atoms with van der Waals surface area (Å²) in [6.07, 6.45) is 1.65. The van der Waals surface area contributed by atoms with E-state index in [0.29, 0.717) is 11.1 Å². The van der Waals surface area contributed by atoms with Gasteiger partial charge in [-0.05, 0) is 29.8 Å². The highest BCUT2D eigenvalue weighted by Crippen LogP contribution is 2.38. The third-order valence-corrected chi connectivity index (χ3v) is 5.06. The summed E-state index contributed by atoms with van der Waals surface area (Å²) in [5, 5.41) is 10.9. The van der Waals surface area contributed by atoms with E-state index in [-0.39, 0.29) is 23.5 Å². The summed E-state index contributed by atoms with van der Waals surface area (Å²) in [6.45, 7) is -0.292. The molecule has 25 heavy (non-hydrogen) atoms. The molecule has 0 aliphatic carbocycles. The second-order valence-corrected chi connectivity index (χ2v) is 6.66. The van der Waals surface area contributed by atoms with Crippen molar-refractivity contribution in [3.8, 4) is 16.9 Å². The molecule has 1 aliphatic rings. The van der Waals surface area contributed by atoms with Gasteiger partial charge in [-0.1, -0.05) is 18.2 Å². The molecule has 6 nitrogen and oxygen atoms in total. The topological polar surface area (TPSA) is 82.5 Å². The molecule has 0 spiro atoms. The molecule has 1 aromatic heterocycles. The molecule has 1 fully saturated rings. The van der Waals surface area contributed by atoms with Gasteiger partial charge in [0, 0.05) is 17.1 Å². The fourth-order valence-corrected chi connectivity index (χ4v) is 3.73. The van der Waals surface area contributed by atoms with Gasteiger partial charge in [0.2, 0.25) is 11.2 Å². The molecule has 1 aliphatic heterocycles. The molecule has 2 N–H and O–H groups in total. The van der Waals surface area contributed by atoms with E-state index in [1.165, 1.54) is 12.1 Å². The first-order chi connectivity index (χ1) is 12.0. The predicted octanol–water partition coefficient (Wildman–Crippen LogP) is 2.26. The van der Waals surface area contributed by atoms with Crippen molar-refractivity contribution in [2.75, 3.05) is 10.8 Å². The number of anilines is 1. The SMILES string of the molecule is O=C1CN(c2c(O)ccc(-c3ccc4cccnc4c3)c2F)S(=O)N1. The Morgan fingerprint density at radius 2 is 2.08 bits per heavy atom. The normalized spacial score (nSPS) is 17.1. The largest absolute Gasteiger partial charge is 0.506 e. The van der Waals surface area contributed by atoms with E-state index in [1.807, 2.05) is 18.2 Å². The number of nitrogens with one attached hydrogen (secondary N) is 1. The molecule has 0 bridgehead atoms. The summed E-state index contributed by atoms with van der Waals surface area (Å²) in [5.74, 6) is -1.64. The van der Waals surface area contributed by atoms with E-state index in [9.17, 15) is 14.1 Å². The molecule has 1 atom stereocenters. The Kier molecular flexibility index (Phi) is 3.61. The number of pyridine rings is 1. The average Bonchev–Trinajstić information content (AvgIpc) is 2.93. The molecule has 0 saturated carbocycles. The van der Waals surface area contributed by atoms with Crippen LogP contribution in [0.3, 0.4) is 0 Å².